The summed E-state index contributed by atoms with van der Waals surface area (Å²) in [7, 11) is 0. The molecule has 0 amide bonds. The Morgan fingerprint density at radius 3 is 0.790 bits per heavy atom. The van der Waals surface area contributed by atoms with Crippen LogP contribution in [0.5, 0.6) is 0 Å². The van der Waals surface area contributed by atoms with Crippen molar-refractivity contribution in [3.63, 3.8) is 0 Å². The molecule has 81 heavy (non-hydrogen) atoms. The molecule has 0 aromatic carbocycles. The topological polar surface area (TPSA) is 78.9 Å². The fourth-order valence-corrected chi connectivity index (χ4v) is 8.88. The third-order valence-electron chi connectivity index (χ3n) is 13.8. The van der Waals surface area contributed by atoms with Crippen LogP contribution in [0.1, 0.15) is 290 Å². The van der Waals surface area contributed by atoms with Crippen molar-refractivity contribution in [1.29, 1.82) is 0 Å². The van der Waals surface area contributed by atoms with Crippen molar-refractivity contribution in [2.45, 2.75) is 297 Å². The lowest BCUT2D eigenvalue weighted by Crippen LogP contribution is -2.30. The molecule has 6 heteroatoms. The van der Waals surface area contributed by atoms with E-state index in [1.54, 1.807) is 0 Å². The molecule has 0 saturated heterocycles. The molecular weight excluding hydrogens is 997 g/mol. The fraction of sp³-hybridized carbons (Fsp3) is 0.640. The van der Waals surface area contributed by atoms with Gasteiger partial charge in [-0.2, -0.15) is 0 Å². The number of hydrogen-bond acceptors (Lipinski definition) is 6. The van der Waals surface area contributed by atoms with Crippen molar-refractivity contribution in [2.24, 2.45) is 0 Å². The van der Waals surface area contributed by atoms with Gasteiger partial charge in [-0.15, -0.1) is 0 Å². The van der Waals surface area contributed by atoms with Crippen molar-refractivity contribution >= 4 is 17.9 Å². The standard InChI is InChI=1S/C75H122O6/c1-4-7-10-13-16-19-22-25-28-30-32-33-34-35-36-37-38-39-40-41-43-44-47-50-53-56-59-62-65-68-74(77)80-71-72(70-79-73(76)67-64-61-58-55-52-49-46-27-24-21-18-15-12-9-6-3)81-75(78)69-66-63-60-57-54-51-48-45-42-31-29-26-23-20-17-14-11-8-5-2/h7,9-10,12,16,18-19,21,25-29,32-33,35-36,38-39,41,43,46,52,55,72H,4-6,8,11,13-15,17,20,22-24,30-31,34,37,40,42,44-45,47-51,53-54,56-71H2,1-3H3/b10-7-,12-9-,19-16-,21-18-,28-25-,29-26-,33-32-,36-35-,39-38-,43-41-,46-27-,55-52-. The van der Waals surface area contributed by atoms with Crippen molar-refractivity contribution in [3.8, 4) is 0 Å². The van der Waals surface area contributed by atoms with Crippen LogP contribution in [0, 0.1) is 0 Å². The van der Waals surface area contributed by atoms with Gasteiger partial charge >= 0.3 is 17.9 Å². The van der Waals surface area contributed by atoms with E-state index < -0.39 is 6.10 Å². The summed E-state index contributed by atoms with van der Waals surface area (Å²) in [5, 5.41) is 0. The highest BCUT2D eigenvalue weighted by Gasteiger charge is 2.19. The Hall–Kier alpha value is -4.71. The van der Waals surface area contributed by atoms with Gasteiger partial charge in [-0.1, -0.05) is 276 Å². The van der Waals surface area contributed by atoms with Gasteiger partial charge in [-0.05, 0) is 141 Å². The zero-order chi connectivity index (χ0) is 58.5. The molecule has 1 atom stereocenters. The minimum Gasteiger partial charge on any atom is -0.462 e. The normalized spacial score (nSPS) is 13.1. The number of allylic oxidation sites excluding steroid dienone is 24. The number of unbranched alkanes of at least 4 members (excludes halogenated alkanes) is 24. The first-order valence-corrected chi connectivity index (χ1v) is 33.3. The third kappa shape index (κ3) is 66.0. The van der Waals surface area contributed by atoms with E-state index >= 15 is 0 Å². The number of hydrogen-bond donors (Lipinski definition) is 0. The van der Waals surface area contributed by atoms with Crippen LogP contribution in [0.4, 0.5) is 0 Å². The maximum atomic E-state index is 12.9. The molecule has 0 aliphatic carbocycles. The molecule has 0 N–H and O–H groups in total. The van der Waals surface area contributed by atoms with Gasteiger partial charge < -0.3 is 14.2 Å². The molecule has 0 aliphatic rings. The first kappa shape index (κ1) is 76.3. The summed E-state index contributed by atoms with van der Waals surface area (Å²) in [5.41, 5.74) is 0. The molecule has 0 aromatic rings. The Morgan fingerprint density at radius 2 is 0.481 bits per heavy atom. The quantitative estimate of drug-likeness (QED) is 0.0261. The van der Waals surface area contributed by atoms with E-state index in [-0.39, 0.29) is 31.1 Å². The highest BCUT2D eigenvalue weighted by molar-refractivity contribution is 5.71. The van der Waals surface area contributed by atoms with Crippen LogP contribution in [0.3, 0.4) is 0 Å². The molecule has 6 nitrogen and oxygen atoms in total. The van der Waals surface area contributed by atoms with Crippen LogP contribution in [0.25, 0.3) is 0 Å². The van der Waals surface area contributed by atoms with E-state index in [4.69, 9.17) is 14.2 Å². The van der Waals surface area contributed by atoms with Crippen LogP contribution >= 0.6 is 0 Å². The zero-order valence-electron chi connectivity index (χ0n) is 52.5. The second-order valence-electron chi connectivity index (χ2n) is 21.6. The summed E-state index contributed by atoms with van der Waals surface area (Å²) in [6.07, 6.45) is 97.1. The van der Waals surface area contributed by atoms with E-state index in [1.807, 2.05) is 0 Å². The van der Waals surface area contributed by atoms with Gasteiger partial charge in [0.05, 0.1) is 0 Å². The molecule has 458 valence electrons. The van der Waals surface area contributed by atoms with Crippen LogP contribution in [-0.2, 0) is 28.6 Å². The number of carbonyl (C=O) groups is 3. The molecule has 0 bridgehead atoms. The maximum Gasteiger partial charge on any atom is 0.306 e. The fourth-order valence-electron chi connectivity index (χ4n) is 8.88. The lowest BCUT2D eigenvalue weighted by Gasteiger charge is -2.18. The van der Waals surface area contributed by atoms with Gasteiger partial charge in [-0.3, -0.25) is 14.4 Å². The summed E-state index contributed by atoms with van der Waals surface area (Å²) in [6.45, 7) is 6.37. The van der Waals surface area contributed by atoms with Gasteiger partial charge in [0.1, 0.15) is 13.2 Å². The minimum atomic E-state index is -0.808. The van der Waals surface area contributed by atoms with E-state index in [2.05, 4.69) is 167 Å². The van der Waals surface area contributed by atoms with E-state index in [0.29, 0.717) is 19.3 Å². The number of esters is 3. The summed E-state index contributed by atoms with van der Waals surface area (Å²) in [5.74, 6) is -0.954. The lowest BCUT2D eigenvalue weighted by atomic mass is 10.1. The van der Waals surface area contributed by atoms with Crippen molar-refractivity contribution < 1.29 is 28.6 Å². The Kier molecular flexibility index (Phi) is 63.9. The highest BCUT2D eigenvalue weighted by atomic mass is 16.6. The number of carbonyl (C=O) groups excluding carboxylic acids is 3. The Labute approximate surface area is 499 Å². The molecular formula is C75H122O6. The van der Waals surface area contributed by atoms with Crippen LogP contribution in [0.15, 0.2) is 146 Å². The number of ether oxygens (including phenoxy) is 3. The number of rotatable bonds is 59. The predicted octanol–water partition coefficient (Wildman–Crippen LogP) is 23.1. The van der Waals surface area contributed by atoms with Gasteiger partial charge in [0.25, 0.3) is 0 Å². The van der Waals surface area contributed by atoms with Crippen molar-refractivity contribution in [3.05, 3.63) is 146 Å². The molecule has 0 spiro atoms. The average Bonchev–Trinajstić information content (AvgIpc) is 3.47. The van der Waals surface area contributed by atoms with Gasteiger partial charge in [0.2, 0.25) is 0 Å². The molecule has 0 fully saturated rings. The summed E-state index contributed by atoms with van der Waals surface area (Å²) < 4.78 is 16.9. The third-order valence-corrected chi connectivity index (χ3v) is 13.8. The Balaban J connectivity index is 4.41. The molecule has 1 unspecified atom stereocenters. The summed E-state index contributed by atoms with van der Waals surface area (Å²) in [4.78, 5) is 38.4. The Morgan fingerprint density at radius 1 is 0.259 bits per heavy atom. The summed E-state index contributed by atoms with van der Waals surface area (Å²) >= 11 is 0. The second-order valence-corrected chi connectivity index (χ2v) is 21.6. The van der Waals surface area contributed by atoms with Gasteiger partial charge in [-0.25, -0.2) is 0 Å². The van der Waals surface area contributed by atoms with E-state index in [9.17, 15) is 14.4 Å². The smallest absolute Gasteiger partial charge is 0.306 e. The molecule has 0 saturated carbocycles. The van der Waals surface area contributed by atoms with Crippen LogP contribution < -0.4 is 0 Å². The molecule has 0 heterocycles. The van der Waals surface area contributed by atoms with Crippen LogP contribution in [0.2, 0.25) is 0 Å². The van der Waals surface area contributed by atoms with Crippen molar-refractivity contribution in [1.82, 2.24) is 0 Å². The molecule has 0 rings (SSSR count). The van der Waals surface area contributed by atoms with Crippen molar-refractivity contribution in [2.75, 3.05) is 13.2 Å². The van der Waals surface area contributed by atoms with E-state index in [0.717, 1.165) is 135 Å². The first-order valence-electron chi connectivity index (χ1n) is 33.3. The minimum absolute atomic E-state index is 0.102. The Bertz CT molecular complexity index is 1760. The van der Waals surface area contributed by atoms with Crippen LogP contribution in [-0.4, -0.2) is 37.2 Å². The first-order chi connectivity index (χ1) is 40.0. The second kappa shape index (κ2) is 67.8. The van der Waals surface area contributed by atoms with Gasteiger partial charge in [0, 0.05) is 19.3 Å². The van der Waals surface area contributed by atoms with Gasteiger partial charge in [0.15, 0.2) is 6.10 Å². The monoisotopic (exact) mass is 1120 g/mol. The van der Waals surface area contributed by atoms with E-state index in [1.165, 1.54) is 116 Å². The lowest BCUT2D eigenvalue weighted by molar-refractivity contribution is -0.167. The average molecular weight is 1120 g/mol. The largest absolute Gasteiger partial charge is 0.462 e. The molecule has 0 aliphatic heterocycles. The SMILES string of the molecule is CC/C=C\C/C=C\C/C=C\C/C=C\C/C=C\C/C=C\C/C=C\CCCCCCCCCC(=O)OCC(COC(=O)CCCC/C=C\C/C=C\C/C=C\C/C=C\CC)OC(=O)CCCCCCCCCCC/C=C\CCCCCCCC. The zero-order valence-corrected chi connectivity index (χ0v) is 52.5. The molecule has 0 radical (unpaired) electrons. The predicted molar refractivity (Wildman–Crippen MR) is 352 cm³/mol. The summed E-state index contributed by atoms with van der Waals surface area (Å²) in [6, 6.07) is 0. The maximum absolute atomic E-state index is 12.9. The highest BCUT2D eigenvalue weighted by Crippen LogP contribution is 2.15. The molecule has 0 aromatic heterocycles.